The third kappa shape index (κ3) is 3.81. The summed E-state index contributed by atoms with van der Waals surface area (Å²) in [5, 5.41) is 3.58. The van der Waals surface area contributed by atoms with E-state index in [9.17, 15) is 9.00 Å². The maximum Gasteiger partial charge on any atom is 0.407 e. The van der Waals surface area contributed by atoms with E-state index in [-0.39, 0.29) is 0 Å². The van der Waals surface area contributed by atoms with Crippen LogP contribution in [0.2, 0.25) is 0 Å². The van der Waals surface area contributed by atoms with Gasteiger partial charge < -0.3 is 10.1 Å². The standard InChI is InChI=1S/C14H19N3O3S/c1-14(2,3)20-13(18)16-9-10-5-7-15-12-11(10)6-8-17(12)21(4)19/h5-8H,9H2,1-4H3,(H,16,18). The van der Waals surface area contributed by atoms with Crippen molar-refractivity contribution in [3.05, 3.63) is 30.1 Å². The van der Waals surface area contributed by atoms with E-state index in [2.05, 4.69) is 10.3 Å². The Kier molecular flexibility index (Phi) is 4.32. The van der Waals surface area contributed by atoms with Gasteiger partial charge in [-0.05, 0) is 38.5 Å². The van der Waals surface area contributed by atoms with Crippen molar-refractivity contribution in [2.75, 3.05) is 6.26 Å². The molecule has 2 aromatic heterocycles. The molecule has 114 valence electrons. The second kappa shape index (κ2) is 5.85. The van der Waals surface area contributed by atoms with Gasteiger partial charge >= 0.3 is 6.09 Å². The second-order valence-electron chi connectivity index (χ2n) is 5.63. The van der Waals surface area contributed by atoms with Crippen molar-refractivity contribution < 1.29 is 13.7 Å². The summed E-state index contributed by atoms with van der Waals surface area (Å²) in [5.74, 6) is 0. The summed E-state index contributed by atoms with van der Waals surface area (Å²) in [6.45, 7) is 5.77. The normalized spacial score (nSPS) is 13.1. The molecular weight excluding hydrogens is 290 g/mol. The summed E-state index contributed by atoms with van der Waals surface area (Å²) in [6.07, 6.45) is 4.49. The van der Waals surface area contributed by atoms with Gasteiger partial charge in [0.15, 0.2) is 5.65 Å². The number of nitrogens with zero attached hydrogens (tertiary/aromatic N) is 2. The predicted molar refractivity (Wildman–Crippen MR) is 82.3 cm³/mol. The molecule has 6 nitrogen and oxygen atoms in total. The van der Waals surface area contributed by atoms with Crippen molar-refractivity contribution in [3.8, 4) is 0 Å². The molecule has 21 heavy (non-hydrogen) atoms. The second-order valence-corrected chi connectivity index (χ2v) is 6.87. The number of fused-ring (bicyclic) bond motifs is 1. The highest BCUT2D eigenvalue weighted by atomic mass is 32.2. The Hall–Kier alpha value is -1.89. The van der Waals surface area contributed by atoms with Crippen molar-refractivity contribution in [3.63, 3.8) is 0 Å². The summed E-state index contributed by atoms with van der Waals surface area (Å²) in [5.41, 5.74) is 1.01. The fourth-order valence-corrected chi connectivity index (χ4v) is 2.54. The Morgan fingerprint density at radius 1 is 1.43 bits per heavy atom. The van der Waals surface area contributed by atoms with Crippen LogP contribution in [0.5, 0.6) is 0 Å². The fraction of sp³-hybridized carbons (Fsp3) is 0.429. The number of hydrogen-bond donors (Lipinski definition) is 1. The molecule has 2 rings (SSSR count). The predicted octanol–water partition coefficient (Wildman–Crippen LogP) is 2.20. The number of nitrogens with one attached hydrogen (secondary N) is 1. The van der Waals surface area contributed by atoms with Gasteiger partial charge in [0.05, 0.1) is 0 Å². The molecule has 0 aliphatic heterocycles. The molecule has 7 heteroatoms. The van der Waals surface area contributed by atoms with E-state index in [4.69, 9.17) is 4.74 Å². The molecule has 0 saturated heterocycles. The smallest absolute Gasteiger partial charge is 0.407 e. The average molecular weight is 309 g/mol. The number of aromatic nitrogens is 2. The highest BCUT2D eigenvalue weighted by Gasteiger charge is 2.16. The Morgan fingerprint density at radius 2 is 2.14 bits per heavy atom. The largest absolute Gasteiger partial charge is 0.444 e. The first-order valence-electron chi connectivity index (χ1n) is 6.53. The summed E-state index contributed by atoms with van der Waals surface area (Å²) in [6, 6.07) is 3.67. The number of carbonyl (C=O) groups excluding carboxylic acids is 1. The van der Waals surface area contributed by atoms with Crippen LogP contribution in [0.4, 0.5) is 4.79 Å². The van der Waals surface area contributed by atoms with E-state index in [1.165, 1.54) is 0 Å². The van der Waals surface area contributed by atoms with Gasteiger partial charge in [-0.25, -0.2) is 14.0 Å². The monoisotopic (exact) mass is 309 g/mol. The molecule has 0 fully saturated rings. The highest BCUT2D eigenvalue weighted by molar-refractivity contribution is 7.82. The van der Waals surface area contributed by atoms with E-state index in [0.717, 1.165) is 10.9 Å². The van der Waals surface area contributed by atoms with E-state index in [1.54, 1.807) is 22.6 Å². The topological polar surface area (TPSA) is 73.2 Å². The Bertz CT molecular complexity index is 688. The third-order valence-electron chi connectivity index (χ3n) is 2.74. The van der Waals surface area contributed by atoms with Crippen molar-refractivity contribution in [1.82, 2.24) is 14.3 Å². The molecule has 2 aromatic rings. The number of alkyl carbamates (subject to hydrolysis) is 1. The van der Waals surface area contributed by atoms with Crippen LogP contribution in [0.1, 0.15) is 26.3 Å². The fourth-order valence-electron chi connectivity index (χ4n) is 1.91. The molecule has 1 atom stereocenters. The van der Waals surface area contributed by atoms with Gasteiger partial charge in [0.25, 0.3) is 0 Å². The molecule has 0 spiro atoms. The number of rotatable bonds is 3. The lowest BCUT2D eigenvalue weighted by molar-refractivity contribution is 0.0524. The first-order chi connectivity index (χ1) is 9.78. The number of hydrogen-bond acceptors (Lipinski definition) is 4. The van der Waals surface area contributed by atoms with Gasteiger partial charge in [-0.15, -0.1) is 0 Å². The summed E-state index contributed by atoms with van der Waals surface area (Å²) in [7, 11) is -1.16. The zero-order valence-electron chi connectivity index (χ0n) is 12.5. The molecule has 0 bridgehead atoms. The minimum atomic E-state index is -1.16. The number of amides is 1. The van der Waals surface area contributed by atoms with Gasteiger partial charge in [-0.3, -0.25) is 3.97 Å². The molecule has 1 amide bonds. The molecule has 2 heterocycles. The minimum Gasteiger partial charge on any atom is -0.444 e. The summed E-state index contributed by atoms with van der Waals surface area (Å²) >= 11 is 0. The Labute approximate surface area is 126 Å². The van der Waals surface area contributed by atoms with Crippen LogP contribution >= 0.6 is 0 Å². The number of pyridine rings is 1. The molecule has 1 unspecified atom stereocenters. The third-order valence-corrected chi connectivity index (χ3v) is 3.59. The summed E-state index contributed by atoms with van der Waals surface area (Å²) in [4.78, 5) is 15.9. The molecule has 0 saturated carbocycles. The van der Waals surface area contributed by atoms with Crippen LogP contribution < -0.4 is 5.32 Å². The zero-order chi connectivity index (χ0) is 15.6. The zero-order valence-corrected chi connectivity index (χ0v) is 13.4. The number of carbonyl (C=O) groups is 1. The SMILES string of the molecule is CS(=O)n1ccc2c(CNC(=O)OC(C)(C)C)ccnc21. The van der Waals surface area contributed by atoms with E-state index >= 15 is 0 Å². The Balaban J connectivity index is 2.16. The Morgan fingerprint density at radius 3 is 2.76 bits per heavy atom. The van der Waals surface area contributed by atoms with Gasteiger partial charge in [0, 0.05) is 30.6 Å². The lowest BCUT2D eigenvalue weighted by atomic mass is 10.2. The lowest BCUT2D eigenvalue weighted by Gasteiger charge is -2.19. The molecule has 1 N–H and O–H groups in total. The molecule has 0 aromatic carbocycles. The van der Waals surface area contributed by atoms with Crippen molar-refractivity contribution >= 4 is 28.1 Å². The van der Waals surface area contributed by atoms with E-state index in [1.807, 2.05) is 32.9 Å². The average Bonchev–Trinajstić information content (AvgIpc) is 2.78. The molecule has 0 aliphatic carbocycles. The summed E-state index contributed by atoms with van der Waals surface area (Å²) < 4.78 is 18.4. The van der Waals surface area contributed by atoms with Crippen LogP contribution in [0, 0.1) is 0 Å². The maximum absolute atomic E-state index is 11.7. The van der Waals surface area contributed by atoms with E-state index in [0.29, 0.717) is 12.2 Å². The van der Waals surface area contributed by atoms with Crippen molar-refractivity contribution in [1.29, 1.82) is 0 Å². The van der Waals surface area contributed by atoms with Gasteiger partial charge in [-0.2, -0.15) is 0 Å². The quantitative estimate of drug-likeness (QED) is 0.943. The van der Waals surface area contributed by atoms with Crippen LogP contribution in [0.15, 0.2) is 24.5 Å². The molecular formula is C14H19N3O3S. The number of ether oxygens (including phenoxy) is 1. The van der Waals surface area contributed by atoms with Gasteiger partial charge in [0.1, 0.15) is 16.6 Å². The van der Waals surface area contributed by atoms with Crippen LogP contribution in [-0.2, 0) is 22.3 Å². The molecule has 0 aliphatic rings. The maximum atomic E-state index is 11.7. The van der Waals surface area contributed by atoms with Crippen LogP contribution in [0.3, 0.4) is 0 Å². The van der Waals surface area contributed by atoms with Crippen LogP contribution in [-0.4, -0.2) is 31.1 Å². The first kappa shape index (κ1) is 15.5. The lowest BCUT2D eigenvalue weighted by Crippen LogP contribution is -2.32. The molecule has 0 radical (unpaired) electrons. The van der Waals surface area contributed by atoms with Gasteiger partial charge in [-0.1, -0.05) is 0 Å². The first-order valence-corrected chi connectivity index (χ1v) is 8.05. The highest BCUT2D eigenvalue weighted by Crippen LogP contribution is 2.18. The van der Waals surface area contributed by atoms with Crippen molar-refractivity contribution in [2.24, 2.45) is 0 Å². The van der Waals surface area contributed by atoms with Crippen molar-refractivity contribution in [2.45, 2.75) is 32.9 Å². The van der Waals surface area contributed by atoms with E-state index < -0.39 is 22.7 Å². The van der Waals surface area contributed by atoms with Gasteiger partial charge in [0.2, 0.25) is 0 Å². The minimum absolute atomic E-state index is 0.328. The van der Waals surface area contributed by atoms with Crippen LogP contribution in [0.25, 0.3) is 11.0 Å².